The Labute approximate surface area is 152 Å². The molecular weight excluding hydrogens is 334 g/mol. The molecule has 0 saturated carbocycles. The number of nitrogens with one attached hydrogen (secondary N) is 1. The van der Waals surface area contributed by atoms with Gasteiger partial charge in [0.1, 0.15) is 5.54 Å². The van der Waals surface area contributed by atoms with Crippen LogP contribution in [0.15, 0.2) is 24.3 Å². The topological polar surface area (TPSA) is 79.0 Å². The summed E-state index contributed by atoms with van der Waals surface area (Å²) in [6.07, 6.45) is 1.36. The van der Waals surface area contributed by atoms with Crippen LogP contribution in [0.2, 0.25) is 0 Å². The predicted molar refractivity (Wildman–Crippen MR) is 94.7 cm³/mol. The molecule has 0 aliphatic carbocycles. The second-order valence-electron chi connectivity index (χ2n) is 7.45. The van der Waals surface area contributed by atoms with E-state index in [1.54, 1.807) is 4.90 Å². The Bertz CT molecular complexity index is 740. The number of anilines is 1. The molecule has 0 radical (unpaired) electrons. The van der Waals surface area contributed by atoms with Crippen LogP contribution in [0, 0.1) is 12.8 Å². The van der Waals surface area contributed by atoms with Crippen LogP contribution in [0.3, 0.4) is 0 Å². The average molecular weight is 357 g/mol. The van der Waals surface area contributed by atoms with E-state index in [0.717, 1.165) is 11.3 Å². The van der Waals surface area contributed by atoms with Crippen LogP contribution in [-0.4, -0.2) is 54.6 Å². The highest BCUT2D eigenvalue weighted by molar-refractivity contribution is 6.07. The summed E-state index contributed by atoms with van der Waals surface area (Å²) < 4.78 is 5.32. The first kappa shape index (κ1) is 17.0. The van der Waals surface area contributed by atoms with Crippen LogP contribution in [0.5, 0.6) is 0 Å². The van der Waals surface area contributed by atoms with Gasteiger partial charge in [0.2, 0.25) is 5.91 Å². The quantitative estimate of drug-likeness (QED) is 0.831. The van der Waals surface area contributed by atoms with Crippen LogP contribution >= 0.6 is 0 Å². The van der Waals surface area contributed by atoms with Gasteiger partial charge in [0.05, 0.1) is 0 Å². The molecule has 26 heavy (non-hydrogen) atoms. The Kier molecular flexibility index (Phi) is 4.19. The maximum absolute atomic E-state index is 12.8. The third kappa shape index (κ3) is 2.86. The number of imide groups is 1. The molecule has 4 rings (SSSR count). The van der Waals surface area contributed by atoms with Crippen molar-refractivity contribution < 1.29 is 19.1 Å². The van der Waals surface area contributed by atoms with Gasteiger partial charge in [-0.15, -0.1) is 0 Å². The van der Waals surface area contributed by atoms with Gasteiger partial charge in [-0.1, -0.05) is 17.7 Å². The van der Waals surface area contributed by atoms with Gasteiger partial charge in [0, 0.05) is 57.2 Å². The number of rotatable bonds is 3. The third-order valence-electron chi connectivity index (χ3n) is 5.58. The fourth-order valence-electron chi connectivity index (χ4n) is 4.04. The Morgan fingerprint density at radius 3 is 2.54 bits per heavy atom. The summed E-state index contributed by atoms with van der Waals surface area (Å²) in [6, 6.07) is 7.46. The van der Waals surface area contributed by atoms with Gasteiger partial charge in [-0.05, 0) is 19.1 Å². The van der Waals surface area contributed by atoms with E-state index >= 15 is 0 Å². The second kappa shape index (κ2) is 6.39. The summed E-state index contributed by atoms with van der Waals surface area (Å²) >= 11 is 0. The lowest BCUT2D eigenvalue weighted by Gasteiger charge is -2.30. The molecule has 3 fully saturated rings. The molecule has 0 bridgehead atoms. The molecule has 1 N–H and O–H groups in total. The number of hydrogen-bond acceptors (Lipinski definition) is 4. The lowest BCUT2D eigenvalue weighted by Crippen LogP contribution is -2.51. The minimum absolute atomic E-state index is 0.0340. The van der Waals surface area contributed by atoms with E-state index in [9.17, 15) is 14.4 Å². The SMILES string of the molecule is Cc1ccc(N2CC(CN3C(=O)NC4(CCOCC4)C3=O)CC2=O)cc1. The third-order valence-corrected chi connectivity index (χ3v) is 5.58. The Morgan fingerprint density at radius 2 is 1.85 bits per heavy atom. The van der Waals surface area contributed by atoms with E-state index in [0.29, 0.717) is 39.0 Å². The van der Waals surface area contributed by atoms with Crippen LogP contribution in [0.4, 0.5) is 10.5 Å². The standard InChI is InChI=1S/C19H23N3O4/c1-13-2-4-15(5-3-13)21-11-14(10-16(21)23)12-22-17(24)19(20-18(22)25)6-8-26-9-7-19/h2-5,14H,6-12H2,1H3,(H,20,25). The number of amides is 4. The first-order chi connectivity index (χ1) is 12.5. The molecule has 138 valence electrons. The van der Waals surface area contributed by atoms with Gasteiger partial charge in [-0.2, -0.15) is 0 Å². The highest BCUT2D eigenvalue weighted by Crippen LogP contribution is 2.31. The highest BCUT2D eigenvalue weighted by Gasteiger charge is 2.52. The van der Waals surface area contributed by atoms with Crippen LogP contribution < -0.4 is 10.2 Å². The molecule has 4 amide bonds. The number of benzene rings is 1. The van der Waals surface area contributed by atoms with Gasteiger partial charge < -0.3 is 15.0 Å². The van der Waals surface area contributed by atoms with E-state index in [4.69, 9.17) is 4.74 Å². The molecule has 7 heteroatoms. The molecule has 1 unspecified atom stereocenters. The van der Waals surface area contributed by atoms with E-state index in [-0.39, 0.29) is 30.3 Å². The maximum Gasteiger partial charge on any atom is 0.325 e. The van der Waals surface area contributed by atoms with Crippen molar-refractivity contribution in [3.05, 3.63) is 29.8 Å². The number of carbonyl (C=O) groups excluding carboxylic acids is 3. The van der Waals surface area contributed by atoms with Gasteiger partial charge in [0.15, 0.2) is 0 Å². The highest BCUT2D eigenvalue weighted by atomic mass is 16.5. The first-order valence-electron chi connectivity index (χ1n) is 9.07. The molecular formula is C19H23N3O4. The zero-order valence-electron chi connectivity index (χ0n) is 14.9. The van der Waals surface area contributed by atoms with E-state index in [1.807, 2.05) is 31.2 Å². The Balaban J connectivity index is 1.45. The molecule has 1 aromatic rings. The van der Waals surface area contributed by atoms with Crippen molar-refractivity contribution in [2.45, 2.75) is 31.7 Å². The number of nitrogens with zero attached hydrogens (tertiary/aromatic N) is 2. The number of ether oxygens (including phenoxy) is 1. The van der Waals surface area contributed by atoms with Crippen molar-refractivity contribution in [1.29, 1.82) is 0 Å². The van der Waals surface area contributed by atoms with Crippen molar-refractivity contribution in [1.82, 2.24) is 10.2 Å². The number of urea groups is 1. The lowest BCUT2D eigenvalue weighted by molar-refractivity contribution is -0.135. The Morgan fingerprint density at radius 1 is 1.15 bits per heavy atom. The maximum atomic E-state index is 12.8. The monoisotopic (exact) mass is 357 g/mol. The predicted octanol–water partition coefficient (Wildman–Crippen LogP) is 1.45. The van der Waals surface area contributed by atoms with Gasteiger partial charge in [-0.25, -0.2) is 4.79 Å². The van der Waals surface area contributed by atoms with Crippen molar-refractivity contribution in [2.24, 2.45) is 5.92 Å². The summed E-state index contributed by atoms with van der Waals surface area (Å²) in [6.45, 7) is 3.75. The second-order valence-corrected chi connectivity index (χ2v) is 7.45. The molecule has 0 aromatic heterocycles. The van der Waals surface area contributed by atoms with Gasteiger partial charge in [-0.3, -0.25) is 14.5 Å². The summed E-state index contributed by atoms with van der Waals surface area (Å²) in [7, 11) is 0. The summed E-state index contributed by atoms with van der Waals surface area (Å²) in [5, 5.41) is 2.86. The van der Waals surface area contributed by atoms with Crippen molar-refractivity contribution >= 4 is 23.5 Å². The molecule has 1 atom stereocenters. The van der Waals surface area contributed by atoms with Gasteiger partial charge >= 0.3 is 6.03 Å². The normalized spacial score (nSPS) is 25.3. The number of carbonyl (C=O) groups is 3. The minimum atomic E-state index is -0.811. The van der Waals surface area contributed by atoms with Crippen molar-refractivity contribution in [3.63, 3.8) is 0 Å². The molecule has 1 aromatic carbocycles. The largest absolute Gasteiger partial charge is 0.381 e. The van der Waals surface area contributed by atoms with Crippen molar-refractivity contribution in [2.75, 3.05) is 31.2 Å². The Hall–Kier alpha value is -2.41. The van der Waals surface area contributed by atoms with Crippen LogP contribution in [0.1, 0.15) is 24.8 Å². The van der Waals surface area contributed by atoms with Crippen molar-refractivity contribution in [3.8, 4) is 0 Å². The smallest absolute Gasteiger partial charge is 0.325 e. The fraction of sp³-hybridized carbons (Fsp3) is 0.526. The van der Waals surface area contributed by atoms with E-state index < -0.39 is 5.54 Å². The zero-order valence-corrected chi connectivity index (χ0v) is 14.9. The molecule has 3 aliphatic heterocycles. The lowest BCUT2D eigenvalue weighted by atomic mass is 9.90. The van der Waals surface area contributed by atoms with Gasteiger partial charge in [0.25, 0.3) is 5.91 Å². The van der Waals surface area contributed by atoms with Crippen LogP contribution in [-0.2, 0) is 14.3 Å². The molecule has 3 aliphatic rings. The molecule has 3 heterocycles. The minimum Gasteiger partial charge on any atom is -0.381 e. The molecule has 3 saturated heterocycles. The fourth-order valence-corrected chi connectivity index (χ4v) is 4.04. The van der Waals surface area contributed by atoms with E-state index in [2.05, 4.69) is 5.32 Å². The van der Waals surface area contributed by atoms with E-state index in [1.165, 1.54) is 4.90 Å². The number of hydrogen-bond donors (Lipinski definition) is 1. The molecule has 7 nitrogen and oxygen atoms in total. The number of aryl methyl sites for hydroxylation is 1. The summed E-state index contributed by atoms with van der Waals surface area (Å²) in [5.41, 5.74) is 1.19. The molecule has 1 spiro atoms. The first-order valence-corrected chi connectivity index (χ1v) is 9.07. The summed E-state index contributed by atoms with van der Waals surface area (Å²) in [4.78, 5) is 40.7. The summed E-state index contributed by atoms with van der Waals surface area (Å²) in [5.74, 6) is -0.188. The van der Waals surface area contributed by atoms with Crippen LogP contribution in [0.25, 0.3) is 0 Å². The average Bonchev–Trinajstić information content (AvgIpc) is 3.10. The zero-order chi connectivity index (χ0) is 18.3.